The largest absolute Gasteiger partial charge is 0.270 e. The molecule has 0 aliphatic heterocycles. The minimum atomic E-state index is -4.06. The predicted octanol–water partition coefficient (Wildman–Crippen LogP) is 2.69. The highest BCUT2D eigenvalue weighted by atomic mass is 35.5. The Labute approximate surface area is 153 Å². The number of rotatable bonds is 6. The maximum absolute atomic E-state index is 12.4. The molecule has 9 nitrogen and oxygen atoms in total. The predicted molar refractivity (Wildman–Crippen MR) is 94.5 cm³/mol. The van der Waals surface area contributed by atoms with Gasteiger partial charge in [-0.1, -0.05) is 35.9 Å². The minimum absolute atomic E-state index is 0.149. The second kappa shape index (κ2) is 7.10. The molecule has 11 heteroatoms. The molecule has 1 aromatic heterocycles. The van der Waals surface area contributed by atoms with Gasteiger partial charge in [0.15, 0.2) is 0 Å². The van der Waals surface area contributed by atoms with E-state index in [1.165, 1.54) is 29.2 Å². The quantitative estimate of drug-likeness (QED) is 0.507. The summed E-state index contributed by atoms with van der Waals surface area (Å²) in [4.78, 5) is 13.8. The van der Waals surface area contributed by atoms with Crippen LogP contribution in [0.25, 0.3) is 0 Å². The topological polar surface area (TPSA) is 120 Å². The zero-order valence-corrected chi connectivity index (χ0v) is 14.7. The number of nitrogens with zero attached hydrogens (tertiary/aromatic N) is 4. The smallest absolute Gasteiger partial charge is 0.258 e. The van der Waals surface area contributed by atoms with Crippen molar-refractivity contribution in [3.63, 3.8) is 0 Å². The zero-order chi connectivity index (χ0) is 18.7. The fourth-order valence-electron chi connectivity index (χ4n) is 2.16. The van der Waals surface area contributed by atoms with Crippen LogP contribution in [-0.2, 0) is 16.6 Å². The van der Waals surface area contributed by atoms with Gasteiger partial charge in [-0.25, -0.2) is 17.8 Å². The maximum atomic E-state index is 12.4. The number of hydrogen-bond acceptors (Lipinski definition) is 6. The Kier molecular flexibility index (Phi) is 4.87. The van der Waals surface area contributed by atoms with Crippen molar-refractivity contribution >= 4 is 33.3 Å². The van der Waals surface area contributed by atoms with Crippen LogP contribution in [0.3, 0.4) is 0 Å². The molecule has 0 radical (unpaired) electrons. The number of nitro groups is 1. The van der Waals surface area contributed by atoms with Crippen molar-refractivity contribution in [1.82, 2.24) is 14.8 Å². The Morgan fingerprint density at radius 2 is 1.96 bits per heavy atom. The summed E-state index contributed by atoms with van der Waals surface area (Å²) in [6.45, 7) is 0.311. The number of nitrogens with one attached hydrogen (secondary N) is 1. The Balaban J connectivity index is 1.79. The number of sulfonamides is 1. The lowest BCUT2D eigenvalue weighted by Crippen LogP contribution is -2.14. The third kappa shape index (κ3) is 3.98. The molecule has 0 amide bonds. The van der Waals surface area contributed by atoms with E-state index < -0.39 is 14.9 Å². The van der Waals surface area contributed by atoms with Gasteiger partial charge in [-0.2, -0.15) is 4.98 Å². The number of halogens is 1. The van der Waals surface area contributed by atoms with Crippen LogP contribution in [0, 0.1) is 10.1 Å². The van der Waals surface area contributed by atoms with Gasteiger partial charge >= 0.3 is 0 Å². The van der Waals surface area contributed by atoms with Gasteiger partial charge in [0.1, 0.15) is 6.33 Å². The van der Waals surface area contributed by atoms with Gasteiger partial charge in [0.2, 0.25) is 0 Å². The summed E-state index contributed by atoms with van der Waals surface area (Å²) in [6.07, 6.45) is 1.36. The maximum Gasteiger partial charge on any atom is 0.270 e. The van der Waals surface area contributed by atoms with E-state index in [-0.39, 0.29) is 16.5 Å². The van der Waals surface area contributed by atoms with Gasteiger partial charge in [-0.3, -0.25) is 10.1 Å². The molecule has 3 aromatic rings. The third-order valence-electron chi connectivity index (χ3n) is 3.39. The Hall–Kier alpha value is -2.98. The second-order valence-electron chi connectivity index (χ2n) is 5.22. The summed E-state index contributed by atoms with van der Waals surface area (Å²) >= 11 is 6.08. The van der Waals surface area contributed by atoms with Crippen LogP contribution in [0.1, 0.15) is 5.56 Å². The lowest BCUT2D eigenvalue weighted by atomic mass is 10.2. The van der Waals surface area contributed by atoms with E-state index in [4.69, 9.17) is 11.6 Å². The average Bonchev–Trinajstić information content (AvgIpc) is 3.03. The van der Waals surface area contributed by atoms with Gasteiger partial charge < -0.3 is 0 Å². The van der Waals surface area contributed by atoms with Crippen molar-refractivity contribution in [1.29, 1.82) is 0 Å². The molecule has 0 spiro atoms. The van der Waals surface area contributed by atoms with Crippen LogP contribution in [0.15, 0.2) is 59.8 Å². The van der Waals surface area contributed by atoms with Crippen LogP contribution in [0.2, 0.25) is 5.02 Å². The molecule has 1 N–H and O–H groups in total. The molecule has 1 heterocycles. The first kappa shape index (κ1) is 17.8. The summed E-state index contributed by atoms with van der Waals surface area (Å²) in [6, 6.07) is 11.9. The first-order valence-corrected chi connectivity index (χ1v) is 9.11. The number of non-ortho nitro benzene ring substituents is 1. The number of hydrogen-bond donors (Lipinski definition) is 1. The van der Waals surface area contributed by atoms with Crippen molar-refractivity contribution in [2.75, 3.05) is 4.72 Å². The van der Waals surface area contributed by atoms with Crippen molar-refractivity contribution in [2.24, 2.45) is 0 Å². The molecule has 0 unspecified atom stereocenters. The second-order valence-corrected chi connectivity index (χ2v) is 7.31. The minimum Gasteiger partial charge on any atom is -0.258 e. The zero-order valence-electron chi connectivity index (χ0n) is 13.1. The summed E-state index contributed by atoms with van der Waals surface area (Å²) in [7, 11) is -4.06. The highest BCUT2D eigenvalue weighted by Gasteiger charge is 2.19. The van der Waals surface area contributed by atoms with Crippen LogP contribution < -0.4 is 4.72 Å². The molecule has 0 aliphatic carbocycles. The Morgan fingerprint density at radius 3 is 2.69 bits per heavy atom. The number of anilines is 1. The van der Waals surface area contributed by atoms with Crippen LogP contribution >= 0.6 is 11.6 Å². The molecule has 0 saturated carbocycles. The van der Waals surface area contributed by atoms with E-state index in [0.29, 0.717) is 11.6 Å². The number of nitro benzene ring substituents is 1. The third-order valence-corrected chi connectivity index (χ3v) is 5.09. The van der Waals surface area contributed by atoms with E-state index in [0.717, 1.165) is 11.6 Å². The summed E-state index contributed by atoms with van der Waals surface area (Å²) < 4.78 is 28.3. The molecule has 0 fully saturated rings. The first-order chi connectivity index (χ1) is 12.3. The highest BCUT2D eigenvalue weighted by Crippen LogP contribution is 2.20. The average molecular weight is 394 g/mol. The number of aromatic nitrogens is 3. The lowest BCUT2D eigenvalue weighted by Gasteiger charge is -2.05. The SMILES string of the molecule is O=[N+]([O-])c1cccc(S(=O)(=O)Nc2ncn(Cc3ccccc3Cl)n2)c1. The summed E-state index contributed by atoms with van der Waals surface area (Å²) in [5.41, 5.74) is 0.470. The molecule has 0 aliphatic rings. The monoisotopic (exact) mass is 393 g/mol. The molecule has 26 heavy (non-hydrogen) atoms. The van der Waals surface area contributed by atoms with Crippen molar-refractivity contribution < 1.29 is 13.3 Å². The van der Waals surface area contributed by atoms with Crippen LogP contribution in [-0.4, -0.2) is 28.1 Å². The Morgan fingerprint density at radius 1 is 1.19 bits per heavy atom. The molecule has 2 aromatic carbocycles. The van der Waals surface area contributed by atoms with Crippen LogP contribution in [0.4, 0.5) is 11.6 Å². The van der Waals surface area contributed by atoms with Gasteiger partial charge in [-0.15, -0.1) is 5.10 Å². The number of benzene rings is 2. The summed E-state index contributed by atoms with van der Waals surface area (Å²) in [5.74, 6) is -0.149. The van der Waals surface area contributed by atoms with E-state index >= 15 is 0 Å². The highest BCUT2D eigenvalue weighted by molar-refractivity contribution is 7.92. The molecule has 3 rings (SSSR count). The van der Waals surface area contributed by atoms with E-state index in [1.807, 2.05) is 12.1 Å². The standard InChI is InChI=1S/C15H12ClN5O4S/c16-14-7-2-1-4-11(14)9-20-10-17-15(18-20)19-26(24,25)13-6-3-5-12(8-13)21(22)23/h1-8,10H,9H2,(H,18,19). The fourth-order valence-corrected chi connectivity index (χ4v) is 3.34. The van der Waals surface area contributed by atoms with Crippen molar-refractivity contribution in [3.05, 3.63) is 75.6 Å². The molecular formula is C15H12ClN5O4S. The summed E-state index contributed by atoms with van der Waals surface area (Å²) in [5, 5.41) is 15.4. The molecule has 134 valence electrons. The Bertz CT molecular complexity index is 1070. The molecule has 0 bridgehead atoms. The van der Waals surface area contributed by atoms with E-state index in [2.05, 4.69) is 14.8 Å². The van der Waals surface area contributed by atoms with Crippen molar-refractivity contribution in [3.8, 4) is 0 Å². The van der Waals surface area contributed by atoms with Crippen molar-refractivity contribution in [2.45, 2.75) is 11.4 Å². The van der Waals surface area contributed by atoms with Gasteiger partial charge in [0.05, 0.1) is 16.4 Å². The molecule has 0 saturated heterocycles. The molecule has 0 atom stereocenters. The van der Waals surface area contributed by atoms with E-state index in [9.17, 15) is 18.5 Å². The van der Waals surface area contributed by atoms with Gasteiger partial charge in [0, 0.05) is 17.2 Å². The first-order valence-electron chi connectivity index (χ1n) is 7.25. The van der Waals surface area contributed by atoms with Gasteiger partial charge in [-0.05, 0) is 17.7 Å². The normalized spacial score (nSPS) is 11.3. The van der Waals surface area contributed by atoms with E-state index in [1.54, 1.807) is 12.1 Å². The van der Waals surface area contributed by atoms with Gasteiger partial charge in [0.25, 0.3) is 21.7 Å². The fraction of sp³-hybridized carbons (Fsp3) is 0.0667. The van der Waals surface area contributed by atoms with Crippen LogP contribution in [0.5, 0.6) is 0 Å². The molecular weight excluding hydrogens is 382 g/mol. The lowest BCUT2D eigenvalue weighted by molar-refractivity contribution is -0.385.